The van der Waals surface area contributed by atoms with Crippen LogP contribution in [0.5, 0.6) is 0 Å². The molecule has 3 heteroatoms. The highest BCUT2D eigenvalue weighted by molar-refractivity contribution is 5.81. The Bertz CT molecular complexity index is 170. The highest BCUT2D eigenvalue weighted by Crippen LogP contribution is 2.15. The average Bonchev–Trinajstić information content (AvgIpc) is 1.96. The molecule has 3 nitrogen and oxygen atoms in total. The van der Waals surface area contributed by atoms with Gasteiger partial charge in [-0.1, -0.05) is 20.8 Å². The number of carbonyl (C=O) groups excluding carboxylic acids is 1. The maximum absolute atomic E-state index is 11.7. The Morgan fingerprint density at radius 1 is 1.08 bits per heavy atom. The zero-order chi connectivity index (χ0) is 10.6. The van der Waals surface area contributed by atoms with E-state index in [-0.39, 0.29) is 11.3 Å². The predicted octanol–water partition coefficient (Wildman–Crippen LogP) is 1.05. The van der Waals surface area contributed by atoms with E-state index in [2.05, 4.69) is 4.90 Å². The van der Waals surface area contributed by atoms with Crippen LogP contribution in [0.1, 0.15) is 20.8 Å². The van der Waals surface area contributed by atoms with Crippen LogP contribution >= 0.6 is 0 Å². The van der Waals surface area contributed by atoms with Crippen LogP contribution in [0.15, 0.2) is 0 Å². The van der Waals surface area contributed by atoms with Gasteiger partial charge in [-0.2, -0.15) is 0 Å². The fourth-order valence-corrected chi connectivity index (χ4v) is 1.02. The number of nitrogens with zero attached hydrogens (tertiary/aromatic N) is 2. The molecule has 78 valence electrons. The second-order valence-corrected chi connectivity index (χ2v) is 4.78. The lowest BCUT2D eigenvalue weighted by atomic mass is 9.95. The summed E-state index contributed by atoms with van der Waals surface area (Å²) in [6.45, 7) is 7.55. The van der Waals surface area contributed by atoms with Gasteiger partial charge in [0.1, 0.15) is 0 Å². The number of carbonyl (C=O) groups is 1. The Labute approximate surface area is 81.7 Å². The fraction of sp³-hybridized carbons (Fsp3) is 0.900. The molecular formula is C10H22N2O. The largest absolute Gasteiger partial charge is 0.344 e. The summed E-state index contributed by atoms with van der Waals surface area (Å²) >= 11 is 0. The van der Waals surface area contributed by atoms with Gasteiger partial charge in [0.2, 0.25) is 5.91 Å². The summed E-state index contributed by atoms with van der Waals surface area (Å²) in [5, 5.41) is 0. The molecule has 0 heterocycles. The van der Waals surface area contributed by atoms with Gasteiger partial charge in [-0.25, -0.2) is 0 Å². The topological polar surface area (TPSA) is 23.6 Å². The van der Waals surface area contributed by atoms with Crippen molar-refractivity contribution < 1.29 is 4.79 Å². The molecule has 0 aromatic carbocycles. The summed E-state index contributed by atoms with van der Waals surface area (Å²) in [4.78, 5) is 15.6. The first-order valence-electron chi connectivity index (χ1n) is 4.65. The van der Waals surface area contributed by atoms with Crippen molar-refractivity contribution in [3.05, 3.63) is 0 Å². The maximum Gasteiger partial charge on any atom is 0.227 e. The number of hydrogen-bond donors (Lipinski definition) is 0. The molecule has 0 saturated heterocycles. The minimum absolute atomic E-state index is 0.203. The smallest absolute Gasteiger partial charge is 0.227 e. The number of likely N-dealkylation sites (N-methyl/N-ethyl adjacent to an activating group) is 2. The first-order valence-corrected chi connectivity index (χ1v) is 4.65. The summed E-state index contributed by atoms with van der Waals surface area (Å²) in [5.41, 5.74) is -0.263. The van der Waals surface area contributed by atoms with E-state index in [1.165, 1.54) is 0 Å². The van der Waals surface area contributed by atoms with Gasteiger partial charge in [-0.05, 0) is 14.1 Å². The van der Waals surface area contributed by atoms with Crippen LogP contribution in [-0.4, -0.2) is 49.9 Å². The van der Waals surface area contributed by atoms with Gasteiger partial charge in [0.25, 0.3) is 0 Å². The van der Waals surface area contributed by atoms with Crippen LogP contribution in [-0.2, 0) is 4.79 Å². The summed E-state index contributed by atoms with van der Waals surface area (Å²) in [6, 6.07) is 0. The zero-order valence-electron chi connectivity index (χ0n) is 9.72. The first-order chi connectivity index (χ1) is 5.75. The van der Waals surface area contributed by atoms with E-state index in [9.17, 15) is 4.79 Å². The SMILES string of the molecule is CN(C)CCN(C)C(=O)C(C)(C)C. The van der Waals surface area contributed by atoms with E-state index in [0.29, 0.717) is 0 Å². The second kappa shape index (κ2) is 4.61. The highest BCUT2D eigenvalue weighted by atomic mass is 16.2. The Balaban J connectivity index is 3.98. The highest BCUT2D eigenvalue weighted by Gasteiger charge is 2.24. The minimum atomic E-state index is -0.263. The Morgan fingerprint density at radius 2 is 1.54 bits per heavy atom. The van der Waals surface area contributed by atoms with E-state index in [4.69, 9.17) is 0 Å². The van der Waals surface area contributed by atoms with Gasteiger partial charge in [-0.15, -0.1) is 0 Å². The van der Waals surface area contributed by atoms with Gasteiger partial charge >= 0.3 is 0 Å². The molecule has 0 aliphatic rings. The Kier molecular flexibility index (Phi) is 4.40. The third-order valence-electron chi connectivity index (χ3n) is 1.87. The molecule has 0 fully saturated rings. The molecule has 1 amide bonds. The van der Waals surface area contributed by atoms with Crippen LogP contribution in [0, 0.1) is 5.41 Å². The molecule has 13 heavy (non-hydrogen) atoms. The van der Waals surface area contributed by atoms with Crippen LogP contribution in [0.3, 0.4) is 0 Å². The summed E-state index contributed by atoms with van der Waals surface area (Å²) in [7, 11) is 5.88. The van der Waals surface area contributed by atoms with Crippen molar-refractivity contribution in [1.29, 1.82) is 0 Å². The van der Waals surface area contributed by atoms with Crippen LogP contribution in [0.4, 0.5) is 0 Å². The van der Waals surface area contributed by atoms with E-state index < -0.39 is 0 Å². The van der Waals surface area contributed by atoms with E-state index in [1.807, 2.05) is 41.9 Å². The number of amides is 1. The summed E-state index contributed by atoms with van der Waals surface area (Å²) in [6.07, 6.45) is 0. The molecule has 0 unspecified atom stereocenters. The van der Waals surface area contributed by atoms with Crippen LogP contribution < -0.4 is 0 Å². The van der Waals surface area contributed by atoms with Gasteiger partial charge in [0.15, 0.2) is 0 Å². The molecule has 0 bridgehead atoms. The Morgan fingerprint density at radius 3 is 1.85 bits per heavy atom. The lowest BCUT2D eigenvalue weighted by molar-refractivity contribution is -0.138. The third-order valence-corrected chi connectivity index (χ3v) is 1.87. The molecule has 0 rings (SSSR count). The molecule has 0 saturated carbocycles. The fourth-order valence-electron chi connectivity index (χ4n) is 1.02. The van der Waals surface area contributed by atoms with Crippen molar-refractivity contribution in [3.8, 4) is 0 Å². The molecule has 0 atom stereocenters. The molecule has 0 aromatic rings. The quantitative estimate of drug-likeness (QED) is 0.658. The molecule has 0 aliphatic carbocycles. The molecule has 0 N–H and O–H groups in total. The molecular weight excluding hydrogens is 164 g/mol. The zero-order valence-corrected chi connectivity index (χ0v) is 9.72. The number of rotatable bonds is 3. The Hall–Kier alpha value is -0.570. The summed E-state index contributed by atoms with van der Waals surface area (Å²) < 4.78 is 0. The van der Waals surface area contributed by atoms with Crippen molar-refractivity contribution in [3.63, 3.8) is 0 Å². The lowest BCUT2D eigenvalue weighted by Gasteiger charge is -2.26. The van der Waals surface area contributed by atoms with Crippen molar-refractivity contribution >= 4 is 5.91 Å². The van der Waals surface area contributed by atoms with Crippen LogP contribution in [0.25, 0.3) is 0 Å². The standard InChI is InChI=1S/C10H22N2O/c1-10(2,3)9(13)12(6)8-7-11(4)5/h7-8H2,1-6H3. The summed E-state index contributed by atoms with van der Waals surface area (Å²) in [5.74, 6) is 0.203. The monoisotopic (exact) mass is 186 g/mol. The molecule has 0 aliphatic heterocycles. The van der Waals surface area contributed by atoms with Crippen molar-refractivity contribution in [1.82, 2.24) is 9.80 Å². The predicted molar refractivity (Wildman–Crippen MR) is 55.6 cm³/mol. The molecule has 0 radical (unpaired) electrons. The van der Waals surface area contributed by atoms with Crippen molar-refractivity contribution in [2.24, 2.45) is 5.41 Å². The van der Waals surface area contributed by atoms with Gasteiger partial charge in [-0.3, -0.25) is 4.79 Å². The van der Waals surface area contributed by atoms with Gasteiger partial charge in [0, 0.05) is 25.6 Å². The molecule has 0 aromatic heterocycles. The third kappa shape index (κ3) is 4.88. The van der Waals surface area contributed by atoms with E-state index in [1.54, 1.807) is 4.90 Å². The minimum Gasteiger partial charge on any atom is -0.344 e. The van der Waals surface area contributed by atoms with E-state index >= 15 is 0 Å². The second-order valence-electron chi connectivity index (χ2n) is 4.78. The van der Waals surface area contributed by atoms with Gasteiger partial charge < -0.3 is 9.80 Å². The van der Waals surface area contributed by atoms with Crippen LogP contribution in [0.2, 0.25) is 0 Å². The first kappa shape index (κ1) is 12.4. The average molecular weight is 186 g/mol. The molecule has 0 spiro atoms. The number of hydrogen-bond acceptors (Lipinski definition) is 2. The normalized spacial score (nSPS) is 11.9. The van der Waals surface area contributed by atoms with Crippen molar-refractivity contribution in [2.45, 2.75) is 20.8 Å². The lowest BCUT2D eigenvalue weighted by Crippen LogP contribution is -2.40. The van der Waals surface area contributed by atoms with Crippen molar-refractivity contribution in [2.75, 3.05) is 34.2 Å². The van der Waals surface area contributed by atoms with E-state index in [0.717, 1.165) is 13.1 Å². The van der Waals surface area contributed by atoms with Gasteiger partial charge in [0.05, 0.1) is 0 Å². The maximum atomic E-state index is 11.7.